The number of esters is 1. The van der Waals surface area contributed by atoms with Crippen molar-refractivity contribution in [2.24, 2.45) is 0 Å². The summed E-state index contributed by atoms with van der Waals surface area (Å²) in [7, 11) is -3.28. The van der Waals surface area contributed by atoms with Crippen molar-refractivity contribution in [2.45, 2.75) is 13.0 Å². The normalized spacial score (nSPS) is 12.3. The van der Waals surface area contributed by atoms with E-state index >= 15 is 0 Å². The SMILES string of the molecule is CC(COP(=O)(c1ccccc1)c1ccccc1)OC(=O)c1ccccc1. The van der Waals surface area contributed by atoms with Crippen LogP contribution in [0.5, 0.6) is 0 Å². The third-order valence-corrected chi connectivity index (χ3v) is 6.47. The van der Waals surface area contributed by atoms with Gasteiger partial charge in [0.25, 0.3) is 7.37 Å². The van der Waals surface area contributed by atoms with E-state index in [2.05, 4.69) is 0 Å². The van der Waals surface area contributed by atoms with E-state index in [4.69, 9.17) is 9.26 Å². The molecule has 5 heteroatoms. The van der Waals surface area contributed by atoms with Crippen LogP contribution in [0.15, 0.2) is 91.0 Å². The second-order valence-electron chi connectivity index (χ2n) is 6.10. The predicted molar refractivity (Wildman–Crippen MR) is 107 cm³/mol. The molecule has 0 aromatic heterocycles. The molecule has 0 fully saturated rings. The van der Waals surface area contributed by atoms with Crippen molar-refractivity contribution in [2.75, 3.05) is 6.61 Å². The van der Waals surface area contributed by atoms with Gasteiger partial charge in [0.1, 0.15) is 6.10 Å². The molecule has 0 spiro atoms. The van der Waals surface area contributed by atoms with Crippen molar-refractivity contribution in [1.82, 2.24) is 0 Å². The van der Waals surface area contributed by atoms with Crippen LogP contribution in [-0.4, -0.2) is 18.7 Å². The van der Waals surface area contributed by atoms with E-state index in [1.807, 2.05) is 42.5 Å². The fourth-order valence-corrected chi connectivity index (χ4v) is 4.76. The van der Waals surface area contributed by atoms with Crippen molar-refractivity contribution < 1.29 is 18.6 Å². The Morgan fingerprint density at radius 2 is 1.26 bits per heavy atom. The van der Waals surface area contributed by atoms with E-state index in [-0.39, 0.29) is 6.61 Å². The Morgan fingerprint density at radius 1 is 0.815 bits per heavy atom. The molecule has 0 aliphatic rings. The summed E-state index contributed by atoms with van der Waals surface area (Å²) in [4.78, 5) is 12.2. The molecular weight excluding hydrogens is 359 g/mol. The Kier molecular flexibility index (Phi) is 6.23. The largest absolute Gasteiger partial charge is 0.457 e. The summed E-state index contributed by atoms with van der Waals surface area (Å²) in [6.45, 7) is 1.75. The lowest BCUT2D eigenvalue weighted by Crippen LogP contribution is -2.24. The first-order valence-electron chi connectivity index (χ1n) is 8.71. The summed E-state index contributed by atoms with van der Waals surface area (Å²) >= 11 is 0. The Bertz CT molecular complexity index is 867. The van der Waals surface area contributed by atoms with Crippen LogP contribution in [0.25, 0.3) is 0 Å². The molecule has 0 aliphatic heterocycles. The van der Waals surface area contributed by atoms with Gasteiger partial charge < -0.3 is 9.26 Å². The maximum absolute atomic E-state index is 13.7. The first-order chi connectivity index (χ1) is 13.1. The Labute approximate surface area is 159 Å². The summed E-state index contributed by atoms with van der Waals surface area (Å²) in [5, 5.41) is 1.22. The minimum atomic E-state index is -3.28. The van der Waals surface area contributed by atoms with E-state index in [1.165, 1.54) is 0 Å². The van der Waals surface area contributed by atoms with Gasteiger partial charge in [0.15, 0.2) is 0 Å². The fourth-order valence-electron chi connectivity index (χ4n) is 2.62. The van der Waals surface area contributed by atoms with E-state index in [1.54, 1.807) is 55.5 Å². The molecule has 0 radical (unpaired) electrons. The monoisotopic (exact) mass is 380 g/mol. The first kappa shape index (κ1) is 19.1. The Balaban J connectivity index is 1.74. The smallest absolute Gasteiger partial charge is 0.338 e. The molecule has 0 amide bonds. The van der Waals surface area contributed by atoms with E-state index in [9.17, 15) is 9.36 Å². The average Bonchev–Trinajstić information content (AvgIpc) is 2.74. The van der Waals surface area contributed by atoms with Crippen LogP contribution in [0.3, 0.4) is 0 Å². The fraction of sp³-hybridized carbons (Fsp3) is 0.136. The van der Waals surface area contributed by atoms with Crippen LogP contribution in [0.4, 0.5) is 0 Å². The molecule has 1 unspecified atom stereocenters. The second-order valence-corrected chi connectivity index (χ2v) is 8.49. The van der Waals surface area contributed by atoms with Crippen LogP contribution in [0, 0.1) is 0 Å². The number of carbonyl (C=O) groups is 1. The summed E-state index contributed by atoms with van der Waals surface area (Å²) in [5.41, 5.74) is 0.471. The van der Waals surface area contributed by atoms with Gasteiger partial charge >= 0.3 is 5.97 Å². The van der Waals surface area contributed by atoms with Crippen molar-refractivity contribution in [3.8, 4) is 0 Å². The highest BCUT2D eigenvalue weighted by molar-refractivity contribution is 7.74. The molecule has 0 bridgehead atoms. The van der Waals surface area contributed by atoms with E-state index in [0.29, 0.717) is 16.2 Å². The first-order valence-corrected chi connectivity index (χ1v) is 10.3. The van der Waals surface area contributed by atoms with Crippen LogP contribution in [-0.2, 0) is 13.8 Å². The zero-order valence-electron chi connectivity index (χ0n) is 15.0. The van der Waals surface area contributed by atoms with Crippen molar-refractivity contribution in [3.05, 3.63) is 96.6 Å². The summed E-state index contributed by atoms with van der Waals surface area (Å²) in [6.07, 6.45) is -0.543. The molecule has 138 valence electrons. The van der Waals surface area contributed by atoms with Crippen LogP contribution < -0.4 is 10.6 Å². The topological polar surface area (TPSA) is 52.6 Å². The molecule has 3 rings (SSSR count). The minimum absolute atomic E-state index is 0.0274. The molecule has 0 aliphatic carbocycles. The van der Waals surface area contributed by atoms with Gasteiger partial charge in [-0.3, -0.25) is 4.57 Å². The van der Waals surface area contributed by atoms with Gasteiger partial charge in [-0.05, 0) is 43.3 Å². The molecule has 0 heterocycles. The van der Waals surface area contributed by atoms with Gasteiger partial charge in [-0.2, -0.15) is 0 Å². The molecule has 0 N–H and O–H groups in total. The van der Waals surface area contributed by atoms with Crippen LogP contribution >= 0.6 is 7.37 Å². The molecule has 0 saturated carbocycles. The Morgan fingerprint density at radius 3 is 1.74 bits per heavy atom. The molecule has 1 atom stereocenters. The Hall–Kier alpha value is -2.68. The second kappa shape index (κ2) is 8.81. The highest BCUT2D eigenvalue weighted by atomic mass is 31.2. The van der Waals surface area contributed by atoms with E-state index < -0.39 is 19.4 Å². The minimum Gasteiger partial charge on any atom is -0.457 e. The third kappa shape index (κ3) is 4.73. The van der Waals surface area contributed by atoms with Gasteiger partial charge in [-0.15, -0.1) is 0 Å². The lowest BCUT2D eigenvalue weighted by molar-refractivity contribution is 0.0235. The number of carbonyl (C=O) groups excluding carboxylic acids is 1. The highest BCUT2D eigenvalue weighted by Gasteiger charge is 2.29. The zero-order valence-corrected chi connectivity index (χ0v) is 15.9. The highest BCUT2D eigenvalue weighted by Crippen LogP contribution is 2.44. The molecule has 4 nitrogen and oxygen atoms in total. The molecular formula is C22H21O4P. The zero-order chi connectivity index (χ0) is 19.1. The lowest BCUT2D eigenvalue weighted by Gasteiger charge is -2.22. The molecule has 3 aromatic carbocycles. The van der Waals surface area contributed by atoms with Gasteiger partial charge in [-0.25, -0.2) is 4.79 Å². The maximum atomic E-state index is 13.7. The number of benzene rings is 3. The number of hydrogen-bond donors (Lipinski definition) is 0. The summed E-state index contributed by atoms with van der Waals surface area (Å²) < 4.78 is 25.0. The summed E-state index contributed by atoms with van der Waals surface area (Å²) in [5.74, 6) is -0.430. The van der Waals surface area contributed by atoms with E-state index in [0.717, 1.165) is 0 Å². The quantitative estimate of drug-likeness (QED) is 0.456. The average molecular weight is 380 g/mol. The number of ether oxygens (including phenoxy) is 1. The standard InChI is InChI=1S/C22H21O4P/c1-18(26-22(23)19-11-5-2-6-12-19)17-25-27(24,20-13-7-3-8-14-20)21-15-9-4-10-16-21/h2-16,18H,17H2,1H3. The predicted octanol–water partition coefficient (Wildman–Crippen LogP) is 4.18. The van der Waals surface area contributed by atoms with Crippen molar-refractivity contribution >= 4 is 23.9 Å². The van der Waals surface area contributed by atoms with Gasteiger partial charge in [0.05, 0.1) is 12.2 Å². The number of hydrogen-bond acceptors (Lipinski definition) is 4. The van der Waals surface area contributed by atoms with Crippen LogP contribution in [0.1, 0.15) is 17.3 Å². The van der Waals surface area contributed by atoms with Crippen molar-refractivity contribution in [3.63, 3.8) is 0 Å². The number of rotatable bonds is 7. The molecule has 27 heavy (non-hydrogen) atoms. The van der Waals surface area contributed by atoms with Gasteiger partial charge in [0.2, 0.25) is 0 Å². The maximum Gasteiger partial charge on any atom is 0.338 e. The van der Waals surface area contributed by atoms with Crippen LogP contribution in [0.2, 0.25) is 0 Å². The lowest BCUT2D eigenvalue weighted by atomic mass is 10.2. The molecule has 0 saturated heterocycles. The van der Waals surface area contributed by atoms with Gasteiger partial charge in [0, 0.05) is 10.6 Å². The van der Waals surface area contributed by atoms with Gasteiger partial charge in [-0.1, -0.05) is 54.6 Å². The summed E-state index contributed by atoms with van der Waals surface area (Å²) in [6, 6.07) is 26.9. The molecule has 3 aromatic rings. The third-order valence-electron chi connectivity index (χ3n) is 4.00. The van der Waals surface area contributed by atoms with Crippen molar-refractivity contribution in [1.29, 1.82) is 0 Å².